The zero-order valence-corrected chi connectivity index (χ0v) is 19.5. The number of pyridine rings is 1. The molecule has 0 bridgehead atoms. The van der Waals surface area contributed by atoms with Crippen LogP contribution in [-0.2, 0) is 6.54 Å². The number of benzene rings is 3. The third-order valence-corrected chi connectivity index (χ3v) is 5.40. The predicted molar refractivity (Wildman–Crippen MR) is 136 cm³/mol. The van der Waals surface area contributed by atoms with E-state index in [1.807, 2.05) is 72.9 Å². The van der Waals surface area contributed by atoms with Crippen LogP contribution in [0.1, 0.15) is 18.4 Å². The van der Waals surface area contributed by atoms with Crippen molar-refractivity contribution in [3.63, 3.8) is 0 Å². The summed E-state index contributed by atoms with van der Waals surface area (Å²) >= 11 is 0. The van der Waals surface area contributed by atoms with Crippen LogP contribution in [0.3, 0.4) is 0 Å². The summed E-state index contributed by atoms with van der Waals surface area (Å²) in [5.74, 6) is 2.34. The summed E-state index contributed by atoms with van der Waals surface area (Å²) in [7, 11) is 1.67. The van der Waals surface area contributed by atoms with Crippen molar-refractivity contribution < 1.29 is 14.2 Å². The quantitative estimate of drug-likeness (QED) is 0.224. The zero-order valence-electron chi connectivity index (χ0n) is 19.5. The Bertz CT molecular complexity index is 1120. The fourth-order valence-electron chi connectivity index (χ4n) is 3.71. The van der Waals surface area contributed by atoms with E-state index < -0.39 is 0 Å². The van der Waals surface area contributed by atoms with E-state index >= 15 is 0 Å². The Morgan fingerprint density at radius 3 is 2.18 bits per heavy atom. The molecule has 5 heteroatoms. The maximum Gasteiger partial charge on any atom is 0.184 e. The molecule has 0 fully saturated rings. The lowest BCUT2D eigenvalue weighted by molar-refractivity contribution is 0.259. The van der Waals surface area contributed by atoms with Gasteiger partial charge in [0.2, 0.25) is 0 Å². The van der Waals surface area contributed by atoms with Gasteiger partial charge in [-0.3, -0.25) is 4.98 Å². The van der Waals surface area contributed by atoms with Gasteiger partial charge < -0.3 is 19.1 Å². The minimum absolute atomic E-state index is 0.570. The highest BCUT2D eigenvalue weighted by molar-refractivity contribution is 5.72. The fraction of sp³-hybridized carbons (Fsp3) is 0.207. The molecule has 0 aliphatic carbocycles. The summed E-state index contributed by atoms with van der Waals surface area (Å²) in [5.41, 5.74) is 3.13. The summed E-state index contributed by atoms with van der Waals surface area (Å²) in [6, 6.07) is 30.2. The van der Waals surface area contributed by atoms with Crippen LogP contribution in [0.15, 0.2) is 103 Å². The number of methoxy groups -OCH3 is 1. The van der Waals surface area contributed by atoms with Crippen LogP contribution in [0.2, 0.25) is 0 Å². The summed E-state index contributed by atoms with van der Waals surface area (Å²) in [5, 5.41) is 0. The van der Waals surface area contributed by atoms with Crippen LogP contribution < -0.4 is 19.1 Å². The van der Waals surface area contributed by atoms with Gasteiger partial charge in [0.05, 0.1) is 26.0 Å². The maximum absolute atomic E-state index is 6.31. The first-order valence-electron chi connectivity index (χ1n) is 11.5. The Morgan fingerprint density at radius 1 is 0.735 bits per heavy atom. The van der Waals surface area contributed by atoms with Crippen molar-refractivity contribution in [1.82, 2.24) is 4.98 Å². The summed E-state index contributed by atoms with van der Waals surface area (Å²) in [4.78, 5) is 6.52. The topological polar surface area (TPSA) is 43.8 Å². The average Bonchev–Trinajstić information content (AvgIpc) is 2.91. The molecule has 0 unspecified atom stereocenters. The van der Waals surface area contributed by atoms with E-state index in [4.69, 9.17) is 14.2 Å². The number of rotatable bonds is 12. The number of hydrogen-bond donors (Lipinski definition) is 0. The molecule has 0 saturated carbocycles. The lowest BCUT2D eigenvalue weighted by Crippen LogP contribution is -2.18. The standard InChI is InChI=1S/C29H30N2O3/c1-32-28-18-10-17-27(29(28)34-21-9-8-20-33-26-15-6-3-7-16-26)31(25-13-4-2-5-14-25)23-24-12-11-19-30-22-24/h2-7,10-19,22H,8-9,20-21,23H2,1H3. The van der Waals surface area contributed by atoms with Gasteiger partial charge in [-0.1, -0.05) is 48.5 Å². The SMILES string of the molecule is COc1cccc(N(Cc2cccnc2)c2ccccc2)c1OCCCCOc1ccccc1. The molecule has 1 heterocycles. The molecule has 0 aliphatic heterocycles. The molecular weight excluding hydrogens is 424 g/mol. The molecule has 34 heavy (non-hydrogen) atoms. The second-order valence-corrected chi connectivity index (χ2v) is 7.81. The Morgan fingerprint density at radius 2 is 1.47 bits per heavy atom. The molecule has 0 atom stereocenters. The van der Waals surface area contributed by atoms with E-state index in [-0.39, 0.29) is 0 Å². The first kappa shape index (κ1) is 23.2. The largest absolute Gasteiger partial charge is 0.494 e. The van der Waals surface area contributed by atoms with Gasteiger partial charge in [0.1, 0.15) is 5.75 Å². The summed E-state index contributed by atoms with van der Waals surface area (Å²) in [6.45, 7) is 1.89. The van der Waals surface area contributed by atoms with Gasteiger partial charge >= 0.3 is 0 Å². The summed E-state index contributed by atoms with van der Waals surface area (Å²) < 4.78 is 17.8. The predicted octanol–water partition coefficient (Wildman–Crippen LogP) is 6.67. The van der Waals surface area contributed by atoms with E-state index in [0.717, 1.165) is 41.3 Å². The highest BCUT2D eigenvalue weighted by Gasteiger charge is 2.19. The van der Waals surface area contributed by atoms with E-state index in [1.54, 1.807) is 13.3 Å². The lowest BCUT2D eigenvalue weighted by Gasteiger charge is -2.28. The molecule has 0 radical (unpaired) electrons. The van der Waals surface area contributed by atoms with Crippen molar-refractivity contribution in [3.05, 3.63) is 109 Å². The minimum atomic E-state index is 0.570. The van der Waals surface area contributed by atoms with E-state index in [2.05, 4.69) is 34.1 Å². The summed E-state index contributed by atoms with van der Waals surface area (Å²) in [6.07, 6.45) is 5.46. The highest BCUT2D eigenvalue weighted by Crippen LogP contribution is 2.41. The number of anilines is 2. The smallest absolute Gasteiger partial charge is 0.184 e. The van der Waals surface area contributed by atoms with Crippen molar-refractivity contribution >= 4 is 11.4 Å². The molecule has 0 spiro atoms. The number of para-hydroxylation sites is 3. The van der Waals surface area contributed by atoms with Gasteiger partial charge in [0.25, 0.3) is 0 Å². The van der Waals surface area contributed by atoms with Crippen molar-refractivity contribution in [2.24, 2.45) is 0 Å². The third-order valence-electron chi connectivity index (χ3n) is 5.40. The van der Waals surface area contributed by atoms with Crippen LogP contribution in [-0.4, -0.2) is 25.3 Å². The minimum Gasteiger partial charge on any atom is -0.494 e. The Labute approximate surface area is 201 Å². The van der Waals surface area contributed by atoms with Crippen molar-refractivity contribution in [2.75, 3.05) is 25.2 Å². The average molecular weight is 455 g/mol. The van der Waals surface area contributed by atoms with Crippen LogP contribution >= 0.6 is 0 Å². The number of unbranched alkanes of at least 4 members (excludes halogenated alkanes) is 1. The number of aromatic nitrogens is 1. The van der Waals surface area contributed by atoms with Crippen LogP contribution in [0.5, 0.6) is 17.2 Å². The van der Waals surface area contributed by atoms with E-state index in [9.17, 15) is 0 Å². The molecule has 4 aromatic rings. The van der Waals surface area contributed by atoms with Gasteiger partial charge in [-0.2, -0.15) is 0 Å². The van der Waals surface area contributed by atoms with Crippen molar-refractivity contribution in [2.45, 2.75) is 19.4 Å². The molecule has 0 saturated heterocycles. The molecule has 174 valence electrons. The third kappa shape index (κ3) is 6.29. The lowest BCUT2D eigenvalue weighted by atomic mass is 10.1. The van der Waals surface area contributed by atoms with Gasteiger partial charge in [-0.15, -0.1) is 0 Å². The first-order chi connectivity index (χ1) is 16.8. The Kier molecular flexibility index (Phi) is 8.39. The fourth-order valence-corrected chi connectivity index (χ4v) is 3.71. The number of hydrogen-bond acceptors (Lipinski definition) is 5. The first-order valence-corrected chi connectivity index (χ1v) is 11.5. The molecule has 0 N–H and O–H groups in total. The normalized spacial score (nSPS) is 10.5. The van der Waals surface area contributed by atoms with E-state index in [1.165, 1.54) is 0 Å². The molecule has 4 rings (SSSR count). The van der Waals surface area contributed by atoms with Gasteiger partial charge in [0, 0.05) is 24.6 Å². The van der Waals surface area contributed by atoms with E-state index in [0.29, 0.717) is 25.5 Å². The molecule has 0 aliphatic rings. The van der Waals surface area contributed by atoms with Gasteiger partial charge in [-0.05, 0) is 60.9 Å². The second kappa shape index (κ2) is 12.3. The molecule has 1 aromatic heterocycles. The van der Waals surface area contributed by atoms with Gasteiger partial charge in [-0.25, -0.2) is 0 Å². The van der Waals surface area contributed by atoms with Crippen LogP contribution in [0.25, 0.3) is 0 Å². The van der Waals surface area contributed by atoms with Crippen LogP contribution in [0.4, 0.5) is 11.4 Å². The van der Waals surface area contributed by atoms with Crippen molar-refractivity contribution in [1.29, 1.82) is 0 Å². The maximum atomic E-state index is 6.31. The second-order valence-electron chi connectivity index (χ2n) is 7.81. The molecule has 0 amide bonds. The van der Waals surface area contributed by atoms with Gasteiger partial charge in [0.15, 0.2) is 11.5 Å². The molecule has 5 nitrogen and oxygen atoms in total. The number of nitrogens with zero attached hydrogens (tertiary/aromatic N) is 2. The molecule has 3 aromatic carbocycles. The monoisotopic (exact) mass is 454 g/mol. The highest BCUT2D eigenvalue weighted by atomic mass is 16.5. The number of ether oxygens (including phenoxy) is 3. The Hall–Kier alpha value is -3.99. The zero-order chi connectivity index (χ0) is 23.4. The Balaban J connectivity index is 1.48. The van der Waals surface area contributed by atoms with Crippen LogP contribution in [0, 0.1) is 0 Å². The molecular formula is C29H30N2O3. The van der Waals surface area contributed by atoms with Crippen molar-refractivity contribution in [3.8, 4) is 17.2 Å².